The lowest BCUT2D eigenvalue weighted by Gasteiger charge is -2.29. The molecule has 2 atom stereocenters. The molecule has 2 amide bonds. The van der Waals surface area contributed by atoms with Gasteiger partial charge in [0, 0.05) is 43.9 Å². The number of rotatable bonds is 11. The zero-order valence-electron chi connectivity index (χ0n) is 21.8. The quantitative estimate of drug-likeness (QED) is 0.123. The molecule has 210 valence electrons. The van der Waals surface area contributed by atoms with Gasteiger partial charge in [-0.15, -0.1) is 0 Å². The van der Waals surface area contributed by atoms with Crippen LogP contribution in [-0.2, 0) is 29.2 Å². The molecule has 0 radical (unpaired) electrons. The van der Waals surface area contributed by atoms with Crippen molar-refractivity contribution in [1.29, 1.82) is 5.41 Å². The van der Waals surface area contributed by atoms with Crippen LogP contribution < -0.4 is 21.7 Å². The summed E-state index contributed by atoms with van der Waals surface area (Å²) in [6.45, 7) is 0.933. The number of benzene rings is 3. The van der Waals surface area contributed by atoms with Gasteiger partial charge in [-0.05, 0) is 29.5 Å². The third-order valence-electron chi connectivity index (χ3n) is 6.78. The summed E-state index contributed by atoms with van der Waals surface area (Å²) >= 11 is 0. The summed E-state index contributed by atoms with van der Waals surface area (Å²) in [5.41, 5.74) is 7.94. The summed E-state index contributed by atoms with van der Waals surface area (Å²) in [5, 5.41) is 24.7. The van der Waals surface area contributed by atoms with Gasteiger partial charge in [0.2, 0.25) is 11.8 Å². The monoisotopic (exact) mass is 550 g/mol. The van der Waals surface area contributed by atoms with E-state index in [2.05, 4.69) is 16.0 Å². The highest BCUT2D eigenvalue weighted by Gasteiger charge is 2.34. The van der Waals surface area contributed by atoms with Gasteiger partial charge in [-0.1, -0.05) is 54.6 Å². The predicted octanol–water partition coefficient (Wildman–Crippen LogP) is 2.79. The van der Waals surface area contributed by atoms with E-state index in [-0.39, 0.29) is 18.3 Å². The van der Waals surface area contributed by atoms with E-state index in [0.717, 1.165) is 28.8 Å². The predicted molar refractivity (Wildman–Crippen MR) is 146 cm³/mol. The molecular weight excluding hydrogens is 518 g/mol. The number of amides is 2. The number of aromatic hydroxyl groups is 1. The fourth-order valence-electron chi connectivity index (χ4n) is 4.81. The van der Waals surface area contributed by atoms with Gasteiger partial charge in [-0.3, -0.25) is 19.9 Å². The highest BCUT2D eigenvalue weighted by atomic mass is 19.1. The van der Waals surface area contributed by atoms with Gasteiger partial charge in [-0.2, -0.15) is 0 Å². The molecule has 0 saturated heterocycles. The molecule has 0 unspecified atom stereocenters. The number of phenols is 1. The molecule has 0 fully saturated rings. The summed E-state index contributed by atoms with van der Waals surface area (Å²) in [5.74, 6) is -3.80. The Morgan fingerprint density at radius 2 is 1.55 bits per heavy atom. The van der Waals surface area contributed by atoms with Crippen molar-refractivity contribution >= 4 is 17.8 Å². The maximum Gasteiger partial charge on any atom is 0.242 e. The smallest absolute Gasteiger partial charge is 0.242 e. The summed E-state index contributed by atoms with van der Waals surface area (Å²) in [7, 11) is 0. The minimum Gasteiger partial charge on any atom is -0.508 e. The third kappa shape index (κ3) is 7.11. The van der Waals surface area contributed by atoms with Crippen molar-refractivity contribution < 1.29 is 23.5 Å². The zero-order chi connectivity index (χ0) is 28.6. The summed E-state index contributed by atoms with van der Waals surface area (Å²) < 4.78 is 28.4. The van der Waals surface area contributed by atoms with E-state index in [1.807, 2.05) is 59.5 Å². The molecule has 9 nitrogen and oxygen atoms in total. The largest absolute Gasteiger partial charge is 0.508 e. The zero-order valence-corrected chi connectivity index (χ0v) is 21.8. The molecule has 1 aliphatic rings. The third-order valence-corrected chi connectivity index (χ3v) is 6.78. The highest BCUT2D eigenvalue weighted by molar-refractivity contribution is 5.90. The Labute approximate surface area is 230 Å². The maximum absolute atomic E-state index is 14.2. The number of nitrogens with one attached hydrogen (secondary N) is 4. The van der Waals surface area contributed by atoms with Crippen LogP contribution in [-0.4, -0.2) is 40.4 Å². The SMILES string of the molecule is N=C(N)NCCC[C@@H](NC(=O)[C@H](c1ccccc1)N1Cc2ccccc2C1)C(=O)NCc1c(F)cc(O)cc1F. The molecule has 1 aliphatic heterocycles. The molecule has 0 saturated carbocycles. The molecule has 11 heteroatoms. The van der Waals surface area contributed by atoms with E-state index in [4.69, 9.17) is 11.1 Å². The number of guanidine groups is 1. The van der Waals surface area contributed by atoms with Crippen molar-refractivity contribution in [3.63, 3.8) is 0 Å². The van der Waals surface area contributed by atoms with E-state index < -0.39 is 47.5 Å². The highest BCUT2D eigenvalue weighted by Crippen LogP contribution is 2.31. The van der Waals surface area contributed by atoms with Gasteiger partial charge in [-0.25, -0.2) is 8.78 Å². The second kappa shape index (κ2) is 13.0. The first-order valence-electron chi connectivity index (χ1n) is 12.9. The fourth-order valence-corrected chi connectivity index (χ4v) is 4.81. The van der Waals surface area contributed by atoms with E-state index in [0.29, 0.717) is 26.1 Å². The number of nitrogens with two attached hydrogens (primary N) is 1. The second-order valence-electron chi connectivity index (χ2n) is 9.64. The number of halogens is 2. The Kier molecular flexibility index (Phi) is 9.28. The molecule has 0 aromatic heterocycles. The van der Waals surface area contributed by atoms with Crippen molar-refractivity contribution in [2.45, 2.75) is 44.6 Å². The van der Waals surface area contributed by atoms with Gasteiger partial charge in [0.05, 0.1) is 0 Å². The van der Waals surface area contributed by atoms with Crippen LogP contribution in [0.5, 0.6) is 5.75 Å². The Balaban J connectivity index is 1.52. The van der Waals surface area contributed by atoms with E-state index in [1.54, 1.807) is 0 Å². The summed E-state index contributed by atoms with van der Waals surface area (Å²) in [6, 6.07) is 17.0. The van der Waals surface area contributed by atoms with Crippen molar-refractivity contribution in [3.05, 3.63) is 101 Å². The lowest BCUT2D eigenvalue weighted by Crippen LogP contribution is -2.50. The number of carbonyl (C=O) groups excluding carboxylic acids is 2. The number of phenolic OH excluding ortho intramolecular Hbond substituents is 1. The van der Waals surface area contributed by atoms with Gasteiger partial charge in [0.15, 0.2) is 5.96 Å². The number of fused-ring (bicyclic) bond motifs is 1. The normalized spacial score (nSPS) is 14.2. The lowest BCUT2D eigenvalue weighted by atomic mass is 10.0. The van der Waals surface area contributed by atoms with Crippen LogP contribution in [0.25, 0.3) is 0 Å². The second-order valence-corrected chi connectivity index (χ2v) is 9.64. The van der Waals surface area contributed by atoms with Crippen molar-refractivity contribution in [2.24, 2.45) is 5.73 Å². The average Bonchev–Trinajstić information content (AvgIpc) is 3.33. The van der Waals surface area contributed by atoms with Crippen LogP contribution in [0.15, 0.2) is 66.7 Å². The molecule has 7 N–H and O–H groups in total. The molecule has 1 heterocycles. The van der Waals surface area contributed by atoms with Crippen LogP contribution in [0, 0.1) is 17.0 Å². The first-order chi connectivity index (χ1) is 19.2. The van der Waals surface area contributed by atoms with Crippen LogP contribution >= 0.6 is 0 Å². The van der Waals surface area contributed by atoms with Gasteiger partial charge >= 0.3 is 0 Å². The van der Waals surface area contributed by atoms with Gasteiger partial charge in [0.1, 0.15) is 29.5 Å². The Morgan fingerprint density at radius 1 is 0.950 bits per heavy atom. The van der Waals surface area contributed by atoms with Crippen molar-refractivity contribution in [1.82, 2.24) is 20.9 Å². The first-order valence-corrected chi connectivity index (χ1v) is 12.9. The van der Waals surface area contributed by atoms with Crippen LogP contribution in [0.1, 0.15) is 41.1 Å². The number of hydrogen-bond acceptors (Lipinski definition) is 5. The topological polar surface area (TPSA) is 144 Å². The Hall–Kier alpha value is -4.51. The summed E-state index contributed by atoms with van der Waals surface area (Å²) in [6.07, 6.45) is 0.561. The molecule has 3 aromatic carbocycles. The maximum atomic E-state index is 14.2. The van der Waals surface area contributed by atoms with E-state index in [1.165, 1.54) is 0 Å². The molecule has 3 aromatic rings. The minimum absolute atomic E-state index is 0.181. The van der Waals surface area contributed by atoms with Crippen LogP contribution in [0.4, 0.5) is 8.78 Å². The molecule has 0 bridgehead atoms. The molecule has 0 spiro atoms. The molecule has 4 rings (SSSR count). The Bertz CT molecular complexity index is 1320. The Morgan fingerprint density at radius 3 is 2.15 bits per heavy atom. The minimum atomic E-state index is -1.03. The number of carbonyl (C=O) groups is 2. The fraction of sp³-hybridized carbons (Fsp3) is 0.276. The number of nitrogens with zero attached hydrogens (tertiary/aromatic N) is 1. The lowest BCUT2D eigenvalue weighted by molar-refractivity contribution is -0.132. The average molecular weight is 551 g/mol. The van der Waals surface area contributed by atoms with Crippen LogP contribution in [0.2, 0.25) is 0 Å². The molecule has 40 heavy (non-hydrogen) atoms. The van der Waals surface area contributed by atoms with Crippen LogP contribution in [0.3, 0.4) is 0 Å². The van der Waals surface area contributed by atoms with Gasteiger partial charge < -0.3 is 26.8 Å². The number of hydrogen-bond donors (Lipinski definition) is 6. The van der Waals surface area contributed by atoms with Crippen molar-refractivity contribution in [2.75, 3.05) is 6.54 Å². The first kappa shape index (κ1) is 28.5. The molecule has 0 aliphatic carbocycles. The van der Waals surface area contributed by atoms with E-state index in [9.17, 15) is 23.5 Å². The van der Waals surface area contributed by atoms with Gasteiger partial charge in [0.25, 0.3) is 0 Å². The van der Waals surface area contributed by atoms with E-state index >= 15 is 0 Å². The van der Waals surface area contributed by atoms with Crippen molar-refractivity contribution in [3.8, 4) is 5.75 Å². The standard InChI is InChI=1S/C29H32F2N6O3/c30-23-13-21(38)14-24(31)22(23)15-35-27(39)25(11-6-12-34-29(32)33)36-28(40)26(18-7-2-1-3-8-18)37-16-19-9-4-5-10-20(19)17-37/h1-5,7-10,13-14,25-26,38H,6,11-12,15-17H2,(H,35,39)(H,36,40)(H4,32,33,34)/t25-,26+/m1/s1. The molecular formula is C29H32F2N6O3. The summed E-state index contributed by atoms with van der Waals surface area (Å²) in [4.78, 5) is 29.0.